The van der Waals surface area contributed by atoms with Crippen molar-refractivity contribution in [2.45, 2.75) is 6.92 Å². The van der Waals surface area contributed by atoms with Crippen molar-refractivity contribution in [2.75, 3.05) is 18.4 Å². The molecule has 0 aromatic heterocycles. The summed E-state index contributed by atoms with van der Waals surface area (Å²) in [5.41, 5.74) is -0.320. The van der Waals surface area contributed by atoms with Gasteiger partial charge in [-0.2, -0.15) is 0 Å². The summed E-state index contributed by atoms with van der Waals surface area (Å²) < 4.78 is 27.8. The molecule has 1 N–H and O–H groups in total. The van der Waals surface area contributed by atoms with Gasteiger partial charge < -0.3 is 10.2 Å². The SMILES string of the molecule is CCN(CC(=O)Nc1c(F)cccc1F)C(=O)c1cc(Br)ccc1Cl. The van der Waals surface area contributed by atoms with Crippen molar-refractivity contribution in [1.29, 1.82) is 0 Å². The molecule has 8 heteroatoms. The summed E-state index contributed by atoms with van der Waals surface area (Å²) in [4.78, 5) is 25.9. The Hall–Kier alpha value is -1.99. The molecule has 0 atom stereocenters. The number of halogens is 4. The molecule has 0 heterocycles. The van der Waals surface area contributed by atoms with Gasteiger partial charge in [0, 0.05) is 11.0 Å². The molecule has 0 aliphatic rings. The van der Waals surface area contributed by atoms with Crippen molar-refractivity contribution < 1.29 is 18.4 Å². The Labute approximate surface area is 156 Å². The monoisotopic (exact) mass is 430 g/mol. The zero-order chi connectivity index (χ0) is 18.6. The van der Waals surface area contributed by atoms with Gasteiger partial charge in [0.2, 0.25) is 5.91 Å². The van der Waals surface area contributed by atoms with E-state index in [1.807, 2.05) is 0 Å². The summed E-state index contributed by atoms with van der Waals surface area (Å²) in [6, 6.07) is 8.04. The van der Waals surface area contributed by atoms with Crippen LogP contribution in [0.5, 0.6) is 0 Å². The van der Waals surface area contributed by atoms with E-state index >= 15 is 0 Å². The zero-order valence-corrected chi connectivity index (χ0v) is 15.5. The fourth-order valence-electron chi connectivity index (χ4n) is 2.13. The van der Waals surface area contributed by atoms with Gasteiger partial charge in [-0.3, -0.25) is 9.59 Å². The maximum atomic E-state index is 13.6. The van der Waals surface area contributed by atoms with Gasteiger partial charge in [-0.05, 0) is 37.3 Å². The fraction of sp³-hybridized carbons (Fsp3) is 0.176. The molecule has 2 rings (SSSR count). The van der Waals surface area contributed by atoms with Crippen molar-refractivity contribution >= 4 is 45.0 Å². The third-order valence-electron chi connectivity index (χ3n) is 3.39. The van der Waals surface area contributed by atoms with Crippen LogP contribution in [0.15, 0.2) is 40.9 Å². The van der Waals surface area contributed by atoms with Crippen LogP contribution in [-0.2, 0) is 4.79 Å². The van der Waals surface area contributed by atoms with E-state index in [9.17, 15) is 18.4 Å². The summed E-state index contributed by atoms with van der Waals surface area (Å²) in [7, 11) is 0. The number of benzene rings is 2. The van der Waals surface area contributed by atoms with Crippen LogP contribution in [0.4, 0.5) is 14.5 Å². The lowest BCUT2D eigenvalue weighted by molar-refractivity contribution is -0.116. The first kappa shape index (κ1) is 19.3. The van der Waals surface area contributed by atoms with Gasteiger partial charge in [-0.1, -0.05) is 33.6 Å². The topological polar surface area (TPSA) is 49.4 Å². The molecular formula is C17H14BrClF2N2O2. The normalized spacial score (nSPS) is 10.4. The fourth-order valence-corrected chi connectivity index (χ4v) is 2.69. The molecule has 0 unspecified atom stereocenters. The van der Waals surface area contributed by atoms with Gasteiger partial charge in [0.05, 0.1) is 10.6 Å². The van der Waals surface area contributed by atoms with Crippen LogP contribution in [0.25, 0.3) is 0 Å². The Morgan fingerprint density at radius 1 is 1.20 bits per heavy atom. The van der Waals surface area contributed by atoms with Crippen LogP contribution in [-0.4, -0.2) is 29.8 Å². The third-order valence-corrected chi connectivity index (χ3v) is 4.21. The second-order valence-electron chi connectivity index (χ2n) is 5.09. The molecule has 0 aliphatic heterocycles. The van der Waals surface area contributed by atoms with Crippen molar-refractivity contribution in [2.24, 2.45) is 0 Å². The van der Waals surface area contributed by atoms with Crippen molar-refractivity contribution in [3.05, 3.63) is 63.1 Å². The molecule has 2 aromatic rings. The molecule has 2 amide bonds. The Bertz CT molecular complexity index is 797. The zero-order valence-electron chi connectivity index (χ0n) is 13.2. The Kier molecular flexibility index (Phi) is 6.50. The molecule has 0 radical (unpaired) electrons. The largest absolute Gasteiger partial charge is 0.330 e. The number of carbonyl (C=O) groups is 2. The lowest BCUT2D eigenvalue weighted by Crippen LogP contribution is -2.38. The van der Waals surface area contributed by atoms with E-state index in [1.165, 1.54) is 11.0 Å². The summed E-state index contributed by atoms with van der Waals surface area (Å²) >= 11 is 9.29. The average molecular weight is 432 g/mol. The summed E-state index contributed by atoms with van der Waals surface area (Å²) in [6.45, 7) is 1.53. The number of amides is 2. The van der Waals surface area contributed by atoms with Crippen molar-refractivity contribution in [1.82, 2.24) is 4.90 Å². The summed E-state index contributed by atoms with van der Waals surface area (Å²) in [6.07, 6.45) is 0. The minimum absolute atomic E-state index is 0.217. The average Bonchev–Trinajstić information content (AvgIpc) is 2.57. The Morgan fingerprint density at radius 2 is 1.84 bits per heavy atom. The van der Waals surface area contributed by atoms with Crippen molar-refractivity contribution in [3.8, 4) is 0 Å². The Morgan fingerprint density at radius 3 is 2.44 bits per heavy atom. The minimum Gasteiger partial charge on any atom is -0.330 e. The second-order valence-corrected chi connectivity index (χ2v) is 6.41. The number of likely N-dealkylation sites (N-methyl/N-ethyl adjacent to an activating group) is 1. The number of carbonyl (C=O) groups excluding carboxylic acids is 2. The van der Waals surface area contributed by atoms with Gasteiger partial charge in [-0.15, -0.1) is 0 Å². The first-order valence-electron chi connectivity index (χ1n) is 7.31. The van der Waals surface area contributed by atoms with Gasteiger partial charge >= 0.3 is 0 Å². The van der Waals surface area contributed by atoms with Crippen molar-refractivity contribution in [3.63, 3.8) is 0 Å². The molecule has 132 valence electrons. The molecule has 0 aliphatic carbocycles. The lowest BCUT2D eigenvalue weighted by atomic mass is 10.2. The van der Waals surface area contributed by atoms with E-state index < -0.39 is 29.1 Å². The number of anilines is 1. The van der Waals surface area contributed by atoms with E-state index in [0.717, 1.165) is 12.1 Å². The maximum Gasteiger partial charge on any atom is 0.255 e. The van der Waals surface area contributed by atoms with Crippen LogP contribution in [0, 0.1) is 11.6 Å². The molecular weight excluding hydrogens is 418 g/mol. The molecule has 0 spiro atoms. The van der Waals surface area contributed by atoms with Gasteiger partial charge in [0.25, 0.3) is 5.91 Å². The molecule has 2 aromatic carbocycles. The standard InChI is InChI=1S/C17H14BrClF2N2O2/c1-2-23(17(25)11-8-10(18)6-7-12(11)19)9-15(24)22-16-13(20)4-3-5-14(16)21/h3-8H,2,9H2,1H3,(H,22,24). The molecule has 0 saturated heterocycles. The van der Waals surface area contributed by atoms with Crippen LogP contribution in [0.1, 0.15) is 17.3 Å². The molecule has 4 nitrogen and oxygen atoms in total. The van der Waals surface area contributed by atoms with E-state index in [0.29, 0.717) is 4.47 Å². The van der Waals surface area contributed by atoms with Crippen LogP contribution >= 0.6 is 27.5 Å². The van der Waals surface area contributed by atoms with E-state index in [2.05, 4.69) is 21.2 Å². The quantitative estimate of drug-likeness (QED) is 0.759. The highest BCUT2D eigenvalue weighted by atomic mass is 79.9. The van der Waals surface area contributed by atoms with Crippen LogP contribution in [0.2, 0.25) is 5.02 Å². The van der Waals surface area contributed by atoms with Gasteiger partial charge in [-0.25, -0.2) is 8.78 Å². The highest BCUT2D eigenvalue weighted by Gasteiger charge is 2.21. The van der Waals surface area contributed by atoms with E-state index in [4.69, 9.17) is 11.6 Å². The number of para-hydroxylation sites is 1. The van der Waals surface area contributed by atoms with Crippen LogP contribution < -0.4 is 5.32 Å². The Balaban J connectivity index is 2.14. The number of nitrogens with one attached hydrogen (secondary N) is 1. The minimum atomic E-state index is -0.891. The first-order chi connectivity index (χ1) is 11.8. The molecule has 0 saturated carbocycles. The van der Waals surface area contributed by atoms with Gasteiger partial charge in [0.1, 0.15) is 23.9 Å². The van der Waals surface area contributed by atoms with E-state index in [-0.39, 0.29) is 23.7 Å². The van der Waals surface area contributed by atoms with Crippen LogP contribution in [0.3, 0.4) is 0 Å². The van der Waals surface area contributed by atoms with Gasteiger partial charge in [0.15, 0.2) is 0 Å². The summed E-state index contributed by atoms with van der Waals surface area (Å²) in [5, 5.41) is 2.39. The van der Waals surface area contributed by atoms with E-state index in [1.54, 1.807) is 25.1 Å². The second kappa shape index (κ2) is 8.40. The number of rotatable bonds is 5. The maximum absolute atomic E-state index is 13.6. The summed E-state index contributed by atoms with van der Waals surface area (Å²) in [5.74, 6) is -2.96. The highest BCUT2D eigenvalue weighted by Crippen LogP contribution is 2.23. The first-order valence-corrected chi connectivity index (χ1v) is 8.48. The lowest BCUT2D eigenvalue weighted by Gasteiger charge is -2.21. The number of hydrogen-bond acceptors (Lipinski definition) is 2. The highest BCUT2D eigenvalue weighted by molar-refractivity contribution is 9.10. The predicted molar refractivity (Wildman–Crippen MR) is 95.7 cm³/mol. The number of hydrogen-bond donors (Lipinski definition) is 1. The predicted octanol–water partition coefficient (Wildman–Crippen LogP) is 4.48. The molecule has 0 bridgehead atoms. The number of nitrogens with zero attached hydrogens (tertiary/aromatic N) is 1. The third kappa shape index (κ3) is 4.76. The smallest absolute Gasteiger partial charge is 0.255 e. The molecule has 25 heavy (non-hydrogen) atoms. The molecule has 0 fully saturated rings.